The van der Waals surface area contributed by atoms with Gasteiger partial charge in [-0.25, -0.2) is 0 Å². The second kappa shape index (κ2) is 10.4. The molecule has 0 aromatic heterocycles. The monoisotopic (exact) mass is 424 g/mol. The van der Waals surface area contributed by atoms with Crippen molar-refractivity contribution in [3.63, 3.8) is 0 Å². The molecule has 3 aliphatic rings. The molecule has 3 saturated heterocycles. The Morgan fingerprint density at radius 2 is 1.33 bits per heavy atom. The summed E-state index contributed by atoms with van der Waals surface area (Å²) in [5.41, 5.74) is 0. The van der Waals surface area contributed by atoms with Crippen LogP contribution < -0.4 is 0 Å². The van der Waals surface area contributed by atoms with Gasteiger partial charge in [0.1, 0.15) is 12.2 Å². The number of hydrogen-bond acceptors (Lipinski definition) is 6. The third-order valence-electron chi connectivity index (χ3n) is 7.44. The van der Waals surface area contributed by atoms with E-state index >= 15 is 0 Å². The molecule has 0 radical (unpaired) electrons. The van der Waals surface area contributed by atoms with E-state index in [2.05, 4.69) is 13.8 Å². The minimum absolute atomic E-state index is 0.00490. The predicted molar refractivity (Wildman–Crippen MR) is 113 cm³/mol. The average Bonchev–Trinajstić information content (AvgIpc) is 3.41. The van der Waals surface area contributed by atoms with E-state index in [9.17, 15) is 9.59 Å². The predicted octanol–water partition coefficient (Wildman–Crippen LogP) is 4.43. The van der Waals surface area contributed by atoms with E-state index in [1.807, 2.05) is 20.8 Å². The van der Waals surface area contributed by atoms with Crippen LogP contribution in [0, 0.1) is 17.8 Å². The van der Waals surface area contributed by atoms with Crippen molar-refractivity contribution in [1.29, 1.82) is 0 Å². The Kier molecular flexibility index (Phi) is 8.19. The van der Waals surface area contributed by atoms with Crippen molar-refractivity contribution < 1.29 is 28.5 Å². The number of esters is 2. The molecule has 6 heteroatoms. The van der Waals surface area contributed by atoms with E-state index in [0.29, 0.717) is 6.42 Å². The van der Waals surface area contributed by atoms with E-state index in [1.165, 1.54) is 0 Å². The van der Waals surface area contributed by atoms with E-state index in [4.69, 9.17) is 18.9 Å². The molecule has 30 heavy (non-hydrogen) atoms. The fourth-order valence-electron chi connectivity index (χ4n) is 5.31. The minimum Gasteiger partial charge on any atom is -0.462 e. The van der Waals surface area contributed by atoms with Crippen LogP contribution in [0.4, 0.5) is 0 Å². The van der Waals surface area contributed by atoms with Crippen molar-refractivity contribution in [2.75, 3.05) is 0 Å². The number of fused-ring (bicyclic) bond motifs is 4. The standard InChI is InChI=1S/C24H40O6/c1-6-16-13-17-9-10-20(27-17)14(4)24(26)30-19(8-3)18(7-2)22-12-11-21(29-22)15(5)23(25)28-16/h14-22H,6-13H2,1-5H3. The van der Waals surface area contributed by atoms with Gasteiger partial charge in [-0.15, -0.1) is 0 Å². The van der Waals surface area contributed by atoms with E-state index < -0.39 is 0 Å². The number of rotatable bonds is 3. The summed E-state index contributed by atoms with van der Waals surface area (Å²) in [6, 6.07) is 0. The van der Waals surface area contributed by atoms with Gasteiger partial charge in [0.15, 0.2) is 0 Å². The summed E-state index contributed by atoms with van der Waals surface area (Å²) in [6.45, 7) is 10.0. The summed E-state index contributed by atoms with van der Waals surface area (Å²) in [6.07, 6.45) is 5.91. The third-order valence-corrected chi connectivity index (χ3v) is 7.44. The maximum absolute atomic E-state index is 12.9. The molecule has 0 N–H and O–H groups in total. The molecule has 3 aliphatic heterocycles. The molecule has 0 aliphatic carbocycles. The van der Waals surface area contributed by atoms with Crippen molar-refractivity contribution in [3.05, 3.63) is 0 Å². The normalized spacial score (nSPS) is 43.3. The molecular formula is C24H40O6. The molecule has 0 aromatic carbocycles. The van der Waals surface area contributed by atoms with E-state index in [1.54, 1.807) is 0 Å². The molecule has 4 bridgehead atoms. The second-order valence-corrected chi connectivity index (χ2v) is 9.40. The van der Waals surface area contributed by atoms with Crippen LogP contribution in [0.1, 0.15) is 86.0 Å². The first kappa shape index (κ1) is 23.5. The fourth-order valence-corrected chi connectivity index (χ4v) is 5.31. The van der Waals surface area contributed by atoms with Gasteiger partial charge in [-0.05, 0) is 58.8 Å². The minimum atomic E-state index is -0.297. The Morgan fingerprint density at radius 3 is 1.97 bits per heavy atom. The van der Waals surface area contributed by atoms with Gasteiger partial charge in [-0.2, -0.15) is 0 Å². The Hall–Kier alpha value is -1.14. The molecule has 9 atom stereocenters. The zero-order valence-electron chi connectivity index (χ0n) is 19.3. The zero-order valence-corrected chi connectivity index (χ0v) is 19.3. The van der Waals surface area contributed by atoms with Gasteiger partial charge in [-0.1, -0.05) is 20.8 Å². The molecule has 6 nitrogen and oxygen atoms in total. The summed E-state index contributed by atoms with van der Waals surface area (Å²) < 4.78 is 24.4. The van der Waals surface area contributed by atoms with Crippen LogP contribution in [-0.4, -0.2) is 48.6 Å². The highest BCUT2D eigenvalue weighted by atomic mass is 16.6. The van der Waals surface area contributed by atoms with E-state index in [-0.39, 0.29) is 66.3 Å². The van der Waals surface area contributed by atoms with Crippen molar-refractivity contribution in [2.24, 2.45) is 17.8 Å². The lowest BCUT2D eigenvalue weighted by atomic mass is 9.89. The first-order valence-electron chi connectivity index (χ1n) is 12.1. The highest BCUT2D eigenvalue weighted by Gasteiger charge is 2.42. The van der Waals surface area contributed by atoms with Crippen molar-refractivity contribution in [1.82, 2.24) is 0 Å². The molecule has 0 spiro atoms. The Bertz CT molecular complexity index is 592. The largest absolute Gasteiger partial charge is 0.462 e. The number of ether oxygens (including phenoxy) is 4. The lowest BCUT2D eigenvalue weighted by Crippen LogP contribution is -2.39. The Morgan fingerprint density at radius 1 is 0.733 bits per heavy atom. The maximum atomic E-state index is 12.9. The molecule has 3 fully saturated rings. The van der Waals surface area contributed by atoms with Gasteiger partial charge in [-0.3, -0.25) is 9.59 Å². The van der Waals surface area contributed by atoms with Gasteiger partial charge < -0.3 is 18.9 Å². The highest BCUT2D eigenvalue weighted by molar-refractivity contribution is 5.73. The smallest absolute Gasteiger partial charge is 0.311 e. The van der Waals surface area contributed by atoms with Gasteiger partial charge in [0.25, 0.3) is 0 Å². The second-order valence-electron chi connectivity index (χ2n) is 9.40. The number of cyclic esters (lactones) is 2. The van der Waals surface area contributed by atoms with Crippen LogP contribution >= 0.6 is 0 Å². The van der Waals surface area contributed by atoms with Crippen molar-refractivity contribution >= 4 is 11.9 Å². The molecule has 3 heterocycles. The summed E-state index contributed by atoms with van der Waals surface area (Å²) in [4.78, 5) is 25.8. The van der Waals surface area contributed by atoms with E-state index in [0.717, 1.165) is 44.9 Å². The number of hydrogen-bond donors (Lipinski definition) is 0. The lowest BCUT2D eigenvalue weighted by molar-refractivity contribution is -0.169. The van der Waals surface area contributed by atoms with Gasteiger partial charge in [0.2, 0.25) is 0 Å². The summed E-state index contributed by atoms with van der Waals surface area (Å²) in [7, 11) is 0. The fraction of sp³-hybridized carbons (Fsp3) is 0.917. The van der Waals surface area contributed by atoms with Gasteiger partial charge in [0.05, 0.1) is 36.3 Å². The molecule has 9 unspecified atom stereocenters. The molecule has 0 saturated carbocycles. The summed E-state index contributed by atoms with van der Waals surface area (Å²) in [5, 5.41) is 0. The Labute approximate surface area is 181 Å². The van der Waals surface area contributed by atoms with Gasteiger partial charge in [0, 0.05) is 12.3 Å². The number of carbonyl (C=O) groups excluding carboxylic acids is 2. The Balaban J connectivity index is 1.82. The molecular weight excluding hydrogens is 384 g/mol. The summed E-state index contributed by atoms with van der Waals surface area (Å²) in [5.74, 6) is -0.801. The average molecular weight is 425 g/mol. The first-order chi connectivity index (χ1) is 14.4. The van der Waals surface area contributed by atoms with Crippen LogP contribution in [0.25, 0.3) is 0 Å². The zero-order chi connectivity index (χ0) is 21.8. The quantitative estimate of drug-likeness (QED) is 0.624. The first-order valence-corrected chi connectivity index (χ1v) is 12.1. The van der Waals surface area contributed by atoms with Crippen molar-refractivity contribution in [3.8, 4) is 0 Å². The highest BCUT2D eigenvalue weighted by Crippen LogP contribution is 2.36. The van der Waals surface area contributed by atoms with Crippen LogP contribution in [0.3, 0.4) is 0 Å². The molecule has 3 rings (SSSR count). The summed E-state index contributed by atoms with van der Waals surface area (Å²) >= 11 is 0. The van der Waals surface area contributed by atoms with Gasteiger partial charge >= 0.3 is 11.9 Å². The van der Waals surface area contributed by atoms with Crippen LogP contribution in [0.15, 0.2) is 0 Å². The number of carbonyl (C=O) groups is 2. The lowest BCUT2D eigenvalue weighted by Gasteiger charge is -2.32. The third kappa shape index (κ3) is 5.18. The topological polar surface area (TPSA) is 71.1 Å². The molecule has 0 aromatic rings. The maximum Gasteiger partial charge on any atom is 0.311 e. The molecule has 0 amide bonds. The van der Waals surface area contributed by atoms with Crippen LogP contribution in [0.5, 0.6) is 0 Å². The van der Waals surface area contributed by atoms with Crippen LogP contribution in [0.2, 0.25) is 0 Å². The van der Waals surface area contributed by atoms with Crippen LogP contribution in [-0.2, 0) is 28.5 Å². The molecule has 172 valence electrons. The SMILES string of the molecule is CCC1CC2CCC(O2)C(C)C(=O)OC(CC)C(CC)C2CCC(O2)C(C)C(=O)O1. The van der Waals surface area contributed by atoms with Crippen molar-refractivity contribution in [2.45, 2.75) is 123 Å².